The molecule has 0 radical (unpaired) electrons. The lowest BCUT2D eigenvalue weighted by Crippen LogP contribution is -2.52. The molecule has 1 atom stereocenters. The molecule has 0 spiro atoms. The summed E-state index contributed by atoms with van der Waals surface area (Å²) in [5.74, 6) is -0.798. The number of piperidine rings is 1. The van der Waals surface area contributed by atoms with Gasteiger partial charge in [0.15, 0.2) is 5.69 Å². The molecule has 6 rings (SSSR count). The van der Waals surface area contributed by atoms with E-state index in [0.29, 0.717) is 23.6 Å². The first-order chi connectivity index (χ1) is 16.9. The van der Waals surface area contributed by atoms with Gasteiger partial charge in [-0.1, -0.05) is 5.21 Å². The average molecular weight is 479 g/mol. The number of nitrogens with one attached hydrogen (secondary N) is 2. The zero-order valence-electron chi connectivity index (χ0n) is 19.2. The van der Waals surface area contributed by atoms with Crippen molar-refractivity contribution in [2.45, 2.75) is 56.7 Å². The van der Waals surface area contributed by atoms with Crippen LogP contribution in [-0.2, 0) is 20.9 Å². The molecule has 1 unspecified atom stereocenters. The van der Waals surface area contributed by atoms with Gasteiger partial charge in [-0.3, -0.25) is 24.5 Å². The molecule has 11 heteroatoms. The van der Waals surface area contributed by atoms with Gasteiger partial charge >= 0.3 is 0 Å². The molecule has 182 valence electrons. The maximum Gasteiger partial charge on any atom is 0.273 e. The number of hydrogen-bond acceptors (Lipinski definition) is 7. The molecule has 3 aliphatic heterocycles. The van der Waals surface area contributed by atoms with Crippen LogP contribution in [0.15, 0.2) is 24.4 Å². The first-order valence-corrected chi connectivity index (χ1v) is 12.0. The Hall–Kier alpha value is -3.60. The molecular weight excluding hydrogens is 452 g/mol. The Morgan fingerprint density at radius 2 is 1.94 bits per heavy atom. The highest BCUT2D eigenvalue weighted by Gasteiger charge is 2.50. The quantitative estimate of drug-likeness (QED) is 0.605. The van der Waals surface area contributed by atoms with Gasteiger partial charge in [0.1, 0.15) is 6.04 Å². The molecule has 11 nitrogen and oxygen atoms in total. The van der Waals surface area contributed by atoms with Crippen molar-refractivity contribution in [1.82, 2.24) is 30.5 Å². The van der Waals surface area contributed by atoms with E-state index in [4.69, 9.17) is 4.74 Å². The molecule has 1 saturated carbocycles. The largest absolute Gasteiger partial charge is 0.381 e. The monoisotopic (exact) mass is 478 g/mol. The van der Waals surface area contributed by atoms with Gasteiger partial charge in [-0.05, 0) is 61.8 Å². The number of carbonyl (C=O) groups excluding carboxylic acids is 4. The summed E-state index contributed by atoms with van der Waals surface area (Å²) in [6.45, 7) is 1.74. The zero-order chi connectivity index (χ0) is 24.2. The Kier molecular flexibility index (Phi) is 5.17. The Morgan fingerprint density at radius 3 is 2.69 bits per heavy atom. The number of carbonyl (C=O) groups is 4. The first kappa shape index (κ1) is 21.9. The summed E-state index contributed by atoms with van der Waals surface area (Å²) in [6, 6.07) is 4.60. The van der Waals surface area contributed by atoms with Crippen molar-refractivity contribution in [3.05, 3.63) is 41.2 Å². The maximum absolute atomic E-state index is 12.9. The number of fused-ring (bicyclic) bond motifs is 1. The second-order valence-electron chi connectivity index (χ2n) is 9.79. The van der Waals surface area contributed by atoms with E-state index >= 15 is 0 Å². The molecule has 4 amide bonds. The van der Waals surface area contributed by atoms with Crippen LogP contribution in [0.5, 0.6) is 0 Å². The zero-order valence-corrected chi connectivity index (χ0v) is 19.2. The van der Waals surface area contributed by atoms with Gasteiger partial charge < -0.3 is 15.0 Å². The molecule has 4 heterocycles. The summed E-state index contributed by atoms with van der Waals surface area (Å²) in [7, 11) is 0. The predicted octanol–water partition coefficient (Wildman–Crippen LogP) is 0.717. The third-order valence-corrected chi connectivity index (χ3v) is 7.65. The van der Waals surface area contributed by atoms with E-state index in [1.54, 1.807) is 18.3 Å². The van der Waals surface area contributed by atoms with Crippen LogP contribution in [0.25, 0.3) is 5.69 Å². The normalized spacial score (nSPS) is 23.7. The molecule has 2 aromatic rings. The van der Waals surface area contributed by atoms with E-state index in [9.17, 15) is 19.2 Å². The minimum atomic E-state index is -0.664. The van der Waals surface area contributed by atoms with Gasteiger partial charge in [0.25, 0.3) is 11.8 Å². The predicted molar refractivity (Wildman–Crippen MR) is 120 cm³/mol. The number of benzene rings is 1. The molecule has 0 bridgehead atoms. The Morgan fingerprint density at radius 1 is 1.14 bits per heavy atom. The van der Waals surface area contributed by atoms with Crippen molar-refractivity contribution >= 4 is 23.6 Å². The Labute approximate surface area is 201 Å². The third-order valence-electron chi connectivity index (χ3n) is 7.65. The van der Waals surface area contributed by atoms with Gasteiger partial charge in [-0.25, -0.2) is 4.68 Å². The van der Waals surface area contributed by atoms with E-state index in [2.05, 4.69) is 20.9 Å². The van der Waals surface area contributed by atoms with Crippen molar-refractivity contribution in [3.8, 4) is 5.69 Å². The van der Waals surface area contributed by atoms with E-state index in [0.717, 1.165) is 44.5 Å². The topological polar surface area (TPSA) is 136 Å². The fourth-order valence-electron chi connectivity index (χ4n) is 5.51. The molecule has 2 N–H and O–H groups in total. The molecule has 2 saturated heterocycles. The van der Waals surface area contributed by atoms with Crippen molar-refractivity contribution in [3.63, 3.8) is 0 Å². The molecule has 35 heavy (non-hydrogen) atoms. The minimum absolute atomic E-state index is 0.155. The van der Waals surface area contributed by atoms with E-state index in [1.165, 1.54) is 9.58 Å². The summed E-state index contributed by atoms with van der Waals surface area (Å²) in [4.78, 5) is 51.0. The van der Waals surface area contributed by atoms with Crippen molar-refractivity contribution < 1.29 is 23.9 Å². The van der Waals surface area contributed by atoms with E-state index in [1.807, 2.05) is 6.07 Å². The van der Waals surface area contributed by atoms with E-state index in [-0.39, 0.29) is 41.9 Å². The highest BCUT2D eigenvalue weighted by atomic mass is 16.5. The second-order valence-corrected chi connectivity index (χ2v) is 9.79. The van der Waals surface area contributed by atoms with Gasteiger partial charge in [-0.15, -0.1) is 5.10 Å². The number of hydrogen-bond donors (Lipinski definition) is 2. The highest BCUT2D eigenvalue weighted by molar-refractivity contribution is 6.05. The summed E-state index contributed by atoms with van der Waals surface area (Å²) in [5.41, 5.74) is 2.03. The highest BCUT2D eigenvalue weighted by Crippen LogP contribution is 2.46. The standard InChI is InChI=1S/C24H26N6O5/c31-20-4-3-19(22(33)25-20)29-12-14-11-16(1-2-17(14)23(29)34)30-13-18(27-28-30)21(32)26-24(7-8-24)15-5-9-35-10-6-15/h1-2,11,13,15,19H,3-10,12H2,(H,26,32)(H,25,31,33). The van der Waals surface area contributed by atoms with Crippen molar-refractivity contribution in [2.24, 2.45) is 5.92 Å². The summed E-state index contributed by atoms with van der Waals surface area (Å²) < 4.78 is 6.97. The van der Waals surface area contributed by atoms with Gasteiger partial charge in [-0.2, -0.15) is 0 Å². The van der Waals surface area contributed by atoms with Crippen molar-refractivity contribution in [2.75, 3.05) is 13.2 Å². The third kappa shape index (κ3) is 3.89. The summed E-state index contributed by atoms with van der Waals surface area (Å²) in [6.07, 6.45) is 5.97. The number of amides is 4. The fourth-order valence-corrected chi connectivity index (χ4v) is 5.51. The van der Waals surface area contributed by atoms with Gasteiger partial charge in [0, 0.05) is 37.3 Å². The number of aromatic nitrogens is 3. The number of imide groups is 1. The van der Waals surface area contributed by atoms with Crippen LogP contribution in [0.3, 0.4) is 0 Å². The van der Waals surface area contributed by atoms with Crippen molar-refractivity contribution in [1.29, 1.82) is 0 Å². The fraction of sp³-hybridized carbons (Fsp3) is 0.500. The lowest BCUT2D eigenvalue weighted by Gasteiger charge is -2.30. The SMILES string of the molecule is O=C1CCC(N2Cc3cc(-n4cc(C(=O)NC5(C6CCOCC6)CC5)nn4)ccc3C2=O)C(=O)N1. The van der Waals surface area contributed by atoms with Crippen LogP contribution < -0.4 is 10.6 Å². The molecule has 3 fully saturated rings. The lowest BCUT2D eigenvalue weighted by molar-refractivity contribution is -0.136. The average Bonchev–Trinajstić information content (AvgIpc) is 3.33. The molecule has 4 aliphatic rings. The Balaban J connectivity index is 1.16. The van der Waals surface area contributed by atoms with E-state index < -0.39 is 11.9 Å². The van der Waals surface area contributed by atoms with Crippen LogP contribution in [0.1, 0.15) is 64.9 Å². The van der Waals surface area contributed by atoms with Crippen LogP contribution >= 0.6 is 0 Å². The molecule has 1 aliphatic carbocycles. The molecule has 1 aromatic carbocycles. The molecule has 1 aromatic heterocycles. The summed E-state index contributed by atoms with van der Waals surface area (Å²) >= 11 is 0. The minimum Gasteiger partial charge on any atom is -0.381 e. The van der Waals surface area contributed by atoms with Gasteiger partial charge in [0.05, 0.1) is 11.9 Å². The number of rotatable bonds is 5. The lowest BCUT2D eigenvalue weighted by atomic mass is 9.89. The summed E-state index contributed by atoms with van der Waals surface area (Å²) in [5, 5.41) is 13.7. The Bertz CT molecular complexity index is 1230. The van der Waals surface area contributed by atoms with Crippen LogP contribution in [0.4, 0.5) is 0 Å². The molecular formula is C24H26N6O5. The van der Waals surface area contributed by atoms with Crippen LogP contribution in [0, 0.1) is 5.92 Å². The second kappa shape index (κ2) is 8.26. The van der Waals surface area contributed by atoms with Crippen LogP contribution in [-0.4, -0.2) is 68.3 Å². The number of nitrogens with zero attached hydrogens (tertiary/aromatic N) is 4. The maximum atomic E-state index is 12.9. The van der Waals surface area contributed by atoms with Gasteiger partial charge in [0.2, 0.25) is 11.8 Å². The smallest absolute Gasteiger partial charge is 0.273 e. The first-order valence-electron chi connectivity index (χ1n) is 12.0. The number of ether oxygens (including phenoxy) is 1. The van der Waals surface area contributed by atoms with Crippen LogP contribution in [0.2, 0.25) is 0 Å².